The molecule has 3 nitrogen and oxygen atoms in total. The molecule has 3 saturated carbocycles. The van der Waals surface area contributed by atoms with E-state index in [1.807, 2.05) is 6.08 Å². The zero-order valence-corrected chi connectivity index (χ0v) is 14.6. The second-order valence-corrected chi connectivity index (χ2v) is 9.25. The van der Waals surface area contributed by atoms with Crippen LogP contribution in [0.4, 0.5) is 0 Å². The Labute approximate surface area is 139 Å². The average molecular weight is 318 g/mol. The minimum absolute atomic E-state index is 0.0580. The smallest absolute Gasteiger partial charge is 0.158 e. The van der Waals surface area contributed by atoms with Crippen LogP contribution in [0.25, 0.3) is 0 Å². The van der Waals surface area contributed by atoms with E-state index in [-0.39, 0.29) is 29.1 Å². The van der Waals surface area contributed by atoms with Crippen molar-refractivity contribution in [3.63, 3.8) is 0 Å². The molecule has 0 spiro atoms. The van der Waals surface area contributed by atoms with Crippen molar-refractivity contribution >= 4 is 5.78 Å². The molecule has 0 aliphatic heterocycles. The Balaban J connectivity index is 1.77. The van der Waals surface area contributed by atoms with Crippen LogP contribution in [0.3, 0.4) is 0 Å². The van der Waals surface area contributed by atoms with Gasteiger partial charge in [0, 0.05) is 11.8 Å². The van der Waals surface area contributed by atoms with Gasteiger partial charge < -0.3 is 10.2 Å². The SMILES string of the molecule is C[C@@H]1CC2=CC(=O)CC(O)[C@]2(C)[C@H]2CC[C@]3(C)[C@@H](O)CC[C@H]3[C@H]12. The summed E-state index contributed by atoms with van der Waals surface area (Å²) in [5, 5.41) is 21.3. The van der Waals surface area contributed by atoms with Gasteiger partial charge in [0.15, 0.2) is 5.78 Å². The van der Waals surface area contributed by atoms with Crippen LogP contribution >= 0.6 is 0 Å². The fourth-order valence-electron chi connectivity index (χ4n) is 6.93. The third kappa shape index (κ3) is 1.93. The molecule has 0 aromatic heterocycles. The predicted molar refractivity (Wildman–Crippen MR) is 88.7 cm³/mol. The second-order valence-electron chi connectivity index (χ2n) is 9.25. The summed E-state index contributed by atoms with van der Waals surface area (Å²) in [5.41, 5.74) is 1.01. The molecular formula is C20H30O3. The molecule has 3 fully saturated rings. The average Bonchev–Trinajstić information content (AvgIpc) is 2.78. The predicted octanol–water partition coefficient (Wildman–Crippen LogP) is 3.10. The Hall–Kier alpha value is -0.670. The lowest BCUT2D eigenvalue weighted by molar-refractivity contribution is -0.135. The lowest BCUT2D eigenvalue weighted by Crippen LogP contribution is -2.57. The molecule has 4 aliphatic carbocycles. The van der Waals surface area contributed by atoms with E-state index < -0.39 is 6.10 Å². The number of hydrogen-bond acceptors (Lipinski definition) is 3. The number of fused-ring (bicyclic) bond motifs is 5. The van der Waals surface area contributed by atoms with Crippen LogP contribution in [-0.4, -0.2) is 28.2 Å². The van der Waals surface area contributed by atoms with Crippen molar-refractivity contribution in [1.29, 1.82) is 0 Å². The summed E-state index contributed by atoms with van der Waals surface area (Å²) in [6.07, 6.45) is 6.52. The van der Waals surface area contributed by atoms with Gasteiger partial charge in [-0.2, -0.15) is 0 Å². The number of rotatable bonds is 0. The summed E-state index contributed by atoms with van der Waals surface area (Å²) in [6, 6.07) is 0. The standard InChI is InChI=1S/C20H30O3/c1-11-8-12-9-13(21)10-17(23)20(12,3)15-6-7-19(2)14(18(11)15)4-5-16(19)22/h9,11,14-18,22-23H,4-8,10H2,1-3H3/t11-,14+,15+,16+,17?,18+,19+,20+/m1/s1. The van der Waals surface area contributed by atoms with Crippen LogP contribution < -0.4 is 0 Å². The molecule has 0 aromatic rings. The van der Waals surface area contributed by atoms with Crippen LogP contribution in [0, 0.1) is 34.5 Å². The maximum absolute atomic E-state index is 11.9. The molecule has 8 atom stereocenters. The number of carbonyl (C=O) groups is 1. The van der Waals surface area contributed by atoms with Crippen molar-refractivity contribution in [2.24, 2.45) is 34.5 Å². The summed E-state index contributed by atoms with van der Waals surface area (Å²) < 4.78 is 0. The van der Waals surface area contributed by atoms with Gasteiger partial charge in [0.25, 0.3) is 0 Å². The molecule has 128 valence electrons. The minimum Gasteiger partial charge on any atom is -0.393 e. The van der Waals surface area contributed by atoms with Gasteiger partial charge >= 0.3 is 0 Å². The highest BCUT2D eigenvalue weighted by Crippen LogP contribution is 2.66. The van der Waals surface area contributed by atoms with Crippen LogP contribution in [0.15, 0.2) is 11.6 Å². The van der Waals surface area contributed by atoms with Crippen molar-refractivity contribution in [2.75, 3.05) is 0 Å². The van der Waals surface area contributed by atoms with Gasteiger partial charge in [0.05, 0.1) is 12.2 Å². The van der Waals surface area contributed by atoms with Gasteiger partial charge in [-0.25, -0.2) is 0 Å². The molecule has 1 unspecified atom stereocenters. The topological polar surface area (TPSA) is 57.5 Å². The molecule has 2 N–H and O–H groups in total. The first-order valence-corrected chi connectivity index (χ1v) is 9.38. The second kappa shape index (κ2) is 4.92. The summed E-state index contributed by atoms with van der Waals surface area (Å²) in [4.78, 5) is 11.9. The highest BCUT2D eigenvalue weighted by Gasteiger charge is 2.62. The Kier molecular flexibility index (Phi) is 3.39. The molecule has 0 saturated heterocycles. The number of aliphatic hydroxyl groups excluding tert-OH is 2. The molecule has 0 amide bonds. The van der Waals surface area contributed by atoms with Crippen LogP contribution in [0.2, 0.25) is 0 Å². The third-order valence-electron chi connectivity index (χ3n) is 8.37. The monoisotopic (exact) mass is 318 g/mol. The first-order valence-electron chi connectivity index (χ1n) is 9.38. The molecule has 4 rings (SSSR count). The Morgan fingerprint density at radius 3 is 2.52 bits per heavy atom. The van der Waals surface area contributed by atoms with Gasteiger partial charge in [-0.1, -0.05) is 26.3 Å². The van der Waals surface area contributed by atoms with E-state index >= 15 is 0 Å². The summed E-state index contributed by atoms with van der Waals surface area (Å²) >= 11 is 0. The molecule has 0 aromatic carbocycles. The van der Waals surface area contributed by atoms with Crippen LogP contribution in [0.5, 0.6) is 0 Å². The van der Waals surface area contributed by atoms with E-state index in [9.17, 15) is 15.0 Å². The maximum Gasteiger partial charge on any atom is 0.158 e. The zero-order chi connectivity index (χ0) is 16.6. The van der Waals surface area contributed by atoms with Gasteiger partial charge in [0.2, 0.25) is 0 Å². The van der Waals surface area contributed by atoms with E-state index in [2.05, 4.69) is 20.8 Å². The Morgan fingerprint density at radius 2 is 1.78 bits per heavy atom. The highest BCUT2D eigenvalue weighted by atomic mass is 16.3. The molecule has 0 heterocycles. The zero-order valence-electron chi connectivity index (χ0n) is 14.6. The summed E-state index contributed by atoms with van der Waals surface area (Å²) in [5.74, 6) is 2.20. The van der Waals surface area contributed by atoms with Gasteiger partial charge in [-0.05, 0) is 67.3 Å². The quantitative estimate of drug-likeness (QED) is 0.721. The normalized spacial score (nSPS) is 55.7. The van der Waals surface area contributed by atoms with E-state index in [0.717, 1.165) is 32.1 Å². The number of hydrogen-bond donors (Lipinski definition) is 2. The minimum atomic E-state index is -0.536. The lowest BCUT2D eigenvalue weighted by atomic mass is 9.44. The van der Waals surface area contributed by atoms with Crippen molar-refractivity contribution in [3.8, 4) is 0 Å². The van der Waals surface area contributed by atoms with E-state index in [1.165, 1.54) is 5.57 Å². The number of ketones is 1. The van der Waals surface area contributed by atoms with Crippen LogP contribution in [-0.2, 0) is 4.79 Å². The molecule has 3 heteroatoms. The van der Waals surface area contributed by atoms with E-state index in [1.54, 1.807) is 0 Å². The Morgan fingerprint density at radius 1 is 1.04 bits per heavy atom. The largest absolute Gasteiger partial charge is 0.393 e. The third-order valence-corrected chi connectivity index (χ3v) is 8.37. The molecular weight excluding hydrogens is 288 g/mol. The first-order chi connectivity index (χ1) is 10.8. The van der Waals surface area contributed by atoms with Crippen molar-refractivity contribution in [1.82, 2.24) is 0 Å². The molecule has 4 aliphatic rings. The summed E-state index contributed by atoms with van der Waals surface area (Å²) in [7, 11) is 0. The molecule has 0 radical (unpaired) electrons. The van der Waals surface area contributed by atoms with Gasteiger partial charge in [-0.3, -0.25) is 4.79 Å². The maximum atomic E-state index is 11.9. The Bertz CT molecular complexity index is 567. The van der Waals surface area contributed by atoms with Crippen molar-refractivity contribution in [3.05, 3.63) is 11.6 Å². The highest BCUT2D eigenvalue weighted by molar-refractivity contribution is 5.92. The van der Waals surface area contributed by atoms with Crippen molar-refractivity contribution < 1.29 is 15.0 Å². The van der Waals surface area contributed by atoms with Gasteiger partial charge in [0.1, 0.15) is 0 Å². The number of aliphatic hydroxyl groups is 2. The van der Waals surface area contributed by atoms with Crippen LogP contribution in [0.1, 0.15) is 59.3 Å². The lowest BCUT2D eigenvalue weighted by Gasteiger charge is -2.60. The first kappa shape index (κ1) is 15.8. The fourth-order valence-corrected chi connectivity index (χ4v) is 6.93. The van der Waals surface area contributed by atoms with E-state index in [0.29, 0.717) is 23.7 Å². The fraction of sp³-hybridized carbons (Fsp3) is 0.850. The van der Waals surface area contributed by atoms with Gasteiger partial charge in [-0.15, -0.1) is 0 Å². The molecule has 23 heavy (non-hydrogen) atoms. The number of carbonyl (C=O) groups excluding carboxylic acids is 1. The molecule has 0 bridgehead atoms. The van der Waals surface area contributed by atoms with E-state index in [4.69, 9.17) is 0 Å². The van der Waals surface area contributed by atoms with Crippen molar-refractivity contribution in [2.45, 2.75) is 71.5 Å². The summed E-state index contributed by atoms with van der Waals surface area (Å²) in [6.45, 7) is 6.81.